The van der Waals surface area contributed by atoms with E-state index in [0.717, 1.165) is 0 Å². The average Bonchev–Trinajstić information content (AvgIpc) is 2.46. The smallest absolute Gasteiger partial charge is 0.390 e. The van der Waals surface area contributed by atoms with Crippen molar-refractivity contribution in [2.75, 3.05) is 6.61 Å². The van der Waals surface area contributed by atoms with Gasteiger partial charge in [-0.05, 0) is 18.8 Å². The van der Waals surface area contributed by atoms with Gasteiger partial charge in [-0.15, -0.1) is 0 Å². The molecule has 1 aliphatic heterocycles. The minimum Gasteiger partial charge on any atom is -0.390 e. The van der Waals surface area contributed by atoms with Crippen molar-refractivity contribution in [3.63, 3.8) is 0 Å². The van der Waals surface area contributed by atoms with E-state index in [1.807, 2.05) is 13.8 Å². The van der Waals surface area contributed by atoms with Gasteiger partial charge in [0.25, 0.3) is 0 Å². The van der Waals surface area contributed by atoms with Gasteiger partial charge < -0.3 is 14.9 Å². The Labute approximate surface area is 132 Å². The number of aromatic nitrogens is 2. The predicted molar refractivity (Wildman–Crippen MR) is 75.4 cm³/mol. The minimum absolute atomic E-state index is 0.0591. The van der Waals surface area contributed by atoms with Crippen LogP contribution in [-0.4, -0.2) is 45.1 Å². The topological polar surface area (TPSA) is 75.5 Å². The van der Waals surface area contributed by atoms with Gasteiger partial charge in [0.05, 0.1) is 30.7 Å². The number of hydrogen-bond acceptors (Lipinski definition) is 5. The molecule has 130 valence electrons. The van der Waals surface area contributed by atoms with Gasteiger partial charge in [0.2, 0.25) is 0 Å². The van der Waals surface area contributed by atoms with Gasteiger partial charge >= 0.3 is 6.18 Å². The van der Waals surface area contributed by atoms with Crippen LogP contribution in [0.2, 0.25) is 0 Å². The summed E-state index contributed by atoms with van der Waals surface area (Å²) in [6.45, 7) is 4.12. The highest BCUT2D eigenvalue weighted by atomic mass is 19.4. The summed E-state index contributed by atoms with van der Waals surface area (Å²) >= 11 is 0. The molecule has 2 heterocycles. The van der Waals surface area contributed by atoms with E-state index in [2.05, 4.69) is 9.97 Å². The van der Waals surface area contributed by atoms with Crippen molar-refractivity contribution >= 4 is 0 Å². The van der Waals surface area contributed by atoms with Crippen molar-refractivity contribution in [2.45, 2.75) is 51.2 Å². The van der Waals surface area contributed by atoms with Crippen LogP contribution in [0.15, 0.2) is 12.4 Å². The Balaban J connectivity index is 2.04. The van der Waals surface area contributed by atoms with Crippen LogP contribution in [0.5, 0.6) is 0 Å². The molecule has 1 saturated heterocycles. The quantitative estimate of drug-likeness (QED) is 0.878. The van der Waals surface area contributed by atoms with Crippen molar-refractivity contribution in [1.82, 2.24) is 9.97 Å². The first-order valence-corrected chi connectivity index (χ1v) is 7.54. The van der Waals surface area contributed by atoms with Crippen LogP contribution in [0.3, 0.4) is 0 Å². The molecule has 8 heteroatoms. The maximum absolute atomic E-state index is 12.6. The molecule has 0 spiro atoms. The monoisotopic (exact) mass is 334 g/mol. The maximum atomic E-state index is 12.6. The van der Waals surface area contributed by atoms with Gasteiger partial charge in [0.1, 0.15) is 6.10 Å². The second kappa shape index (κ2) is 7.11. The van der Waals surface area contributed by atoms with Gasteiger partial charge in [-0.3, -0.25) is 4.98 Å². The highest BCUT2D eigenvalue weighted by molar-refractivity contribution is 5.08. The van der Waals surface area contributed by atoms with Gasteiger partial charge in [0.15, 0.2) is 5.69 Å². The lowest BCUT2D eigenvalue weighted by molar-refractivity contribution is -0.168. The maximum Gasteiger partial charge on any atom is 0.434 e. The van der Waals surface area contributed by atoms with Crippen molar-refractivity contribution in [1.29, 1.82) is 0 Å². The molecule has 1 aliphatic rings. The SMILES string of the molecule is CC(C)C[C@H]1OCC(Cc2cncc(C(F)(F)F)n2)[C@@H](O)[C@H]1O. The summed E-state index contributed by atoms with van der Waals surface area (Å²) in [5.74, 6) is -0.223. The molecule has 5 nitrogen and oxygen atoms in total. The van der Waals surface area contributed by atoms with Crippen LogP contribution in [0.25, 0.3) is 0 Å². The Bertz CT molecular complexity index is 525. The third-order valence-electron chi connectivity index (χ3n) is 3.89. The Morgan fingerprint density at radius 2 is 1.96 bits per heavy atom. The molecule has 0 radical (unpaired) electrons. The Hall–Kier alpha value is -1.25. The fourth-order valence-electron chi connectivity index (χ4n) is 2.70. The van der Waals surface area contributed by atoms with E-state index < -0.39 is 36.1 Å². The number of aliphatic hydroxyl groups is 2. The summed E-state index contributed by atoms with van der Waals surface area (Å²) in [5.41, 5.74) is -0.957. The number of rotatable bonds is 4. The highest BCUT2D eigenvalue weighted by Crippen LogP contribution is 2.29. The average molecular weight is 334 g/mol. The van der Waals surface area contributed by atoms with E-state index in [1.165, 1.54) is 6.20 Å². The zero-order valence-corrected chi connectivity index (χ0v) is 13.0. The normalized spacial score (nSPS) is 29.0. The van der Waals surface area contributed by atoms with Crippen molar-refractivity contribution in [3.05, 3.63) is 23.8 Å². The molecular weight excluding hydrogens is 313 g/mol. The molecular formula is C15H21F3N2O3. The van der Waals surface area contributed by atoms with Crippen LogP contribution < -0.4 is 0 Å². The van der Waals surface area contributed by atoms with Crippen LogP contribution in [0.1, 0.15) is 31.7 Å². The van der Waals surface area contributed by atoms with E-state index in [9.17, 15) is 23.4 Å². The molecule has 0 aromatic carbocycles. The molecule has 23 heavy (non-hydrogen) atoms. The standard InChI is InChI=1S/C15H21F3N2O3/c1-8(2)3-11-14(22)13(21)9(7-23-11)4-10-5-19-6-12(20-10)15(16,17)18/h5-6,8-9,11,13-14,21-22H,3-4,7H2,1-2H3/t9?,11-,13-,14+/m1/s1. The second-order valence-electron chi connectivity index (χ2n) is 6.34. The van der Waals surface area contributed by atoms with E-state index in [4.69, 9.17) is 4.74 Å². The van der Waals surface area contributed by atoms with Gasteiger partial charge in [0, 0.05) is 12.1 Å². The van der Waals surface area contributed by atoms with Gasteiger partial charge in [-0.2, -0.15) is 13.2 Å². The summed E-state index contributed by atoms with van der Waals surface area (Å²) in [5, 5.41) is 20.3. The zero-order valence-electron chi connectivity index (χ0n) is 13.0. The largest absolute Gasteiger partial charge is 0.434 e. The third-order valence-corrected chi connectivity index (χ3v) is 3.89. The fraction of sp³-hybridized carbons (Fsp3) is 0.733. The predicted octanol–water partition coefficient (Wildman–Crippen LogP) is 1.82. The Morgan fingerprint density at radius 3 is 2.57 bits per heavy atom. The van der Waals surface area contributed by atoms with Crippen LogP contribution in [-0.2, 0) is 17.3 Å². The Morgan fingerprint density at radius 1 is 1.26 bits per heavy atom. The lowest BCUT2D eigenvalue weighted by Gasteiger charge is -2.38. The molecule has 4 atom stereocenters. The number of ether oxygens (including phenoxy) is 1. The number of nitrogens with zero attached hydrogens (tertiary/aromatic N) is 2. The number of halogens is 3. The van der Waals surface area contributed by atoms with Crippen LogP contribution in [0.4, 0.5) is 13.2 Å². The Kier molecular flexibility index (Phi) is 5.59. The van der Waals surface area contributed by atoms with Crippen molar-refractivity contribution < 1.29 is 28.1 Å². The van der Waals surface area contributed by atoms with Gasteiger partial charge in [-0.1, -0.05) is 13.8 Å². The number of aliphatic hydroxyl groups excluding tert-OH is 2. The molecule has 1 aromatic heterocycles. The minimum atomic E-state index is -4.56. The molecule has 2 rings (SSSR count). The molecule has 1 fully saturated rings. The molecule has 0 amide bonds. The van der Waals surface area contributed by atoms with E-state index >= 15 is 0 Å². The summed E-state index contributed by atoms with van der Waals surface area (Å²) in [6.07, 6.45) is -4.60. The van der Waals surface area contributed by atoms with Crippen molar-refractivity contribution in [2.24, 2.45) is 11.8 Å². The molecule has 1 unspecified atom stereocenters. The van der Waals surface area contributed by atoms with E-state index in [0.29, 0.717) is 18.5 Å². The van der Waals surface area contributed by atoms with Crippen molar-refractivity contribution in [3.8, 4) is 0 Å². The summed E-state index contributed by atoms with van der Waals surface area (Å²) in [7, 11) is 0. The third kappa shape index (κ3) is 4.62. The van der Waals surface area contributed by atoms with Crippen LogP contribution >= 0.6 is 0 Å². The molecule has 0 bridgehead atoms. The fourth-order valence-corrected chi connectivity index (χ4v) is 2.70. The molecule has 1 aromatic rings. The van der Waals surface area contributed by atoms with E-state index in [1.54, 1.807) is 0 Å². The number of hydrogen-bond donors (Lipinski definition) is 2. The lowest BCUT2D eigenvalue weighted by Crippen LogP contribution is -2.51. The molecule has 2 N–H and O–H groups in total. The van der Waals surface area contributed by atoms with E-state index in [-0.39, 0.29) is 18.7 Å². The van der Waals surface area contributed by atoms with Crippen LogP contribution in [0, 0.1) is 11.8 Å². The molecule has 0 aliphatic carbocycles. The highest BCUT2D eigenvalue weighted by Gasteiger charge is 2.39. The lowest BCUT2D eigenvalue weighted by atomic mass is 9.86. The van der Waals surface area contributed by atoms with Gasteiger partial charge in [-0.25, -0.2) is 4.98 Å². The zero-order chi connectivity index (χ0) is 17.2. The first-order chi connectivity index (χ1) is 10.7. The first kappa shape index (κ1) is 18.1. The summed E-state index contributed by atoms with van der Waals surface area (Å²) in [4.78, 5) is 7.08. The second-order valence-corrected chi connectivity index (χ2v) is 6.34. The summed E-state index contributed by atoms with van der Waals surface area (Å²) < 4.78 is 43.5. The summed E-state index contributed by atoms with van der Waals surface area (Å²) in [6, 6.07) is 0. The number of alkyl halides is 3. The first-order valence-electron chi connectivity index (χ1n) is 7.54. The molecule has 0 saturated carbocycles.